The first kappa shape index (κ1) is 21.6. The summed E-state index contributed by atoms with van der Waals surface area (Å²) in [5.41, 5.74) is 0.578. The summed E-state index contributed by atoms with van der Waals surface area (Å²) in [4.78, 5) is 22.2. The highest BCUT2D eigenvalue weighted by atomic mass is 32.1. The van der Waals surface area contributed by atoms with Crippen LogP contribution in [0.2, 0.25) is 0 Å². The number of nitrogens with zero attached hydrogens (tertiary/aromatic N) is 3. The Morgan fingerprint density at radius 3 is 2.72 bits per heavy atom. The van der Waals surface area contributed by atoms with Crippen molar-refractivity contribution in [3.05, 3.63) is 34.3 Å². The summed E-state index contributed by atoms with van der Waals surface area (Å²) in [5, 5.41) is 0.296. The lowest BCUT2D eigenvalue weighted by molar-refractivity contribution is 0.0765. The number of amides is 1. The fourth-order valence-corrected chi connectivity index (χ4v) is 4.53. The number of methoxy groups -OCH3 is 1. The molecule has 1 amide bonds. The van der Waals surface area contributed by atoms with Crippen molar-refractivity contribution in [1.29, 1.82) is 0 Å². The number of carbonyl (C=O) groups is 1. The summed E-state index contributed by atoms with van der Waals surface area (Å²) >= 11 is 1.11. The van der Waals surface area contributed by atoms with Crippen LogP contribution in [0.5, 0.6) is 5.75 Å². The molecule has 3 rings (SSSR count). The normalized spacial score (nSPS) is 15.4. The molecule has 0 unspecified atom stereocenters. The number of hydrogen-bond donors (Lipinski definition) is 0. The van der Waals surface area contributed by atoms with Gasteiger partial charge in [0.15, 0.2) is 11.6 Å². The molecule has 2 aromatic rings. The van der Waals surface area contributed by atoms with Crippen LogP contribution in [0.4, 0.5) is 8.78 Å². The van der Waals surface area contributed by atoms with Gasteiger partial charge in [-0.25, -0.2) is 13.8 Å². The maximum atomic E-state index is 14.4. The Balaban J connectivity index is 1.78. The largest absolute Gasteiger partial charge is 0.494 e. The lowest BCUT2D eigenvalue weighted by atomic mass is 10.2. The number of rotatable bonds is 6. The Labute approximate surface area is 174 Å². The van der Waals surface area contributed by atoms with E-state index in [1.807, 2.05) is 4.90 Å². The van der Waals surface area contributed by atoms with Gasteiger partial charge in [0.2, 0.25) is 0 Å². The minimum atomic E-state index is -0.663. The van der Waals surface area contributed by atoms with Crippen LogP contribution in [-0.4, -0.2) is 60.5 Å². The lowest BCUT2D eigenvalue weighted by Crippen LogP contribution is -2.35. The third kappa shape index (κ3) is 4.93. The molecule has 0 saturated carbocycles. The predicted octanol–water partition coefficient (Wildman–Crippen LogP) is 4.35. The van der Waals surface area contributed by atoms with Crippen molar-refractivity contribution in [2.75, 3.05) is 39.8 Å². The van der Waals surface area contributed by atoms with E-state index in [1.54, 1.807) is 6.92 Å². The van der Waals surface area contributed by atoms with Gasteiger partial charge in [0, 0.05) is 31.3 Å². The molecule has 1 aliphatic rings. The first-order valence-electron chi connectivity index (χ1n) is 9.97. The second-order valence-electron chi connectivity index (χ2n) is 7.24. The van der Waals surface area contributed by atoms with E-state index in [9.17, 15) is 13.6 Å². The van der Waals surface area contributed by atoms with Crippen LogP contribution >= 0.6 is 11.3 Å². The van der Waals surface area contributed by atoms with Crippen molar-refractivity contribution < 1.29 is 18.3 Å². The van der Waals surface area contributed by atoms with Gasteiger partial charge in [-0.05, 0) is 38.9 Å². The number of thiazole rings is 1. The first-order chi connectivity index (χ1) is 13.9. The summed E-state index contributed by atoms with van der Waals surface area (Å²) in [6.07, 6.45) is 3.25. The molecule has 5 nitrogen and oxygen atoms in total. The molecule has 1 aliphatic heterocycles. The van der Waals surface area contributed by atoms with Gasteiger partial charge in [-0.2, -0.15) is 0 Å². The Bertz CT molecular complexity index is 872. The monoisotopic (exact) mass is 423 g/mol. The number of halogens is 2. The molecule has 0 N–H and O–H groups in total. The SMILES string of the molecule is CCCCN1CCCN(C(=O)c2sc(-c3cc(F)c(OC)cc3F)nc2C)CC1. The number of aryl methyl sites for hydroxylation is 1. The molecule has 0 atom stereocenters. The summed E-state index contributed by atoms with van der Waals surface area (Å²) in [6.45, 7) is 8.18. The highest BCUT2D eigenvalue weighted by Crippen LogP contribution is 2.33. The van der Waals surface area contributed by atoms with Crippen molar-refractivity contribution in [2.24, 2.45) is 0 Å². The molecule has 1 saturated heterocycles. The van der Waals surface area contributed by atoms with Crippen LogP contribution in [0.3, 0.4) is 0 Å². The molecule has 158 valence electrons. The molecular formula is C21H27F2N3O2S. The van der Waals surface area contributed by atoms with E-state index in [4.69, 9.17) is 4.74 Å². The molecule has 29 heavy (non-hydrogen) atoms. The Morgan fingerprint density at radius 2 is 2.00 bits per heavy atom. The molecule has 1 fully saturated rings. The maximum Gasteiger partial charge on any atom is 0.265 e. The van der Waals surface area contributed by atoms with Crippen LogP contribution in [-0.2, 0) is 0 Å². The maximum absolute atomic E-state index is 14.4. The van der Waals surface area contributed by atoms with Crippen LogP contribution < -0.4 is 4.74 Å². The molecule has 8 heteroatoms. The van der Waals surface area contributed by atoms with Gasteiger partial charge in [-0.1, -0.05) is 13.3 Å². The van der Waals surface area contributed by atoms with Gasteiger partial charge < -0.3 is 14.5 Å². The summed E-state index contributed by atoms with van der Waals surface area (Å²) in [6, 6.07) is 2.07. The molecule has 0 spiro atoms. The second-order valence-corrected chi connectivity index (χ2v) is 8.24. The number of unbranched alkanes of at least 4 members (excludes halogenated alkanes) is 1. The van der Waals surface area contributed by atoms with Crippen molar-refractivity contribution in [1.82, 2.24) is 14.8 Å². The zero-order valence-electron chi connectivity index (χ0n) is 17.1. The number of aromatic nitrogens is 1. The van der Waals surface area contributed by atoms with Gasteiger partial charge in [-0.3, -0.25) is 4.79 Å². The summed E-state index contributed by atoms with van der Waals surface area (Å²) in [5.74, 6) is -1.53. The van der Waals surface area contributed by atoms with E-state index in [0.717, 1.165) is 62.4 Å². The molecular weight excluding hydrogens is 396 g/mol. The fourth-order valence-electron chi connectivity index (χ4n) is 3.48. The number of hydrogen-bond acceptors (Lipinski definition) is 5. The van der Waals surface area contributed by atoms with Gasteiger partial charge in [0.05, 0.1) is 12.8 Å². The molecule has 1 aromatic heterocycles. The van der Waals surface area contributed by atoms with E-state index < -0.39 is 11.6 Å². The smallest absolute Gasteiger partial charge is 0.265 e. The van der Waals surface area contributed by atoms with Crippen LogP contribution in [0.25, 0.3) is 10.6 Å². The van der Waals surface area contributed by atoms with Crippen molar-refractivity contribution in [3.8, 4) is 16.3 Å². The number of benzene rings is 1. The van der Waals surface area contributed by atoms with Gasteiger partial charge >= 0.3 is 0 Å². The third-order valence-corrected chi connectivity index (χ3v) is 6.35. The molecule has 1 aromatic carbocycles. The standard InChI is InChI=1S/C21H27F2N3O2S/c1-4-5-7-25-8-6-9-26(11-10-25)21(27)19-14(2)24-20(29-19)15-12-17(23)18(28-3)13-16(15)22/h12-13H,4-11H2,1-3H3. The van der Waals surface area contributed by atoms with Crippen LogP contribution in [0.15, 0.2) is 12.1 Å². The van der Waals surface area contributed by atoms with E-state index >= 15 is 0 Å². The first-order valence-corrected chi connectivity index (χ1v) is 10.8. The van der Waals surface area contributed by atoms with E-state index in [0.29, 0.717) is 28.7 Å². The van der Waals surface area contributed by atoms with Gasteiger partial charge in [0.25, 0.3) is 5.91 Å². The van der Waals surface area contributed by atoms with Crippen LogP contribution in [0, 0.1) is 18.6 Å². The average molecular weight is 424 g/mol. The molecule has 0 radical (unpaired) electrons. The highest BCUT2D eigenvalue weighted by Gasteiger charge is 2.25. The zero-order chi connectivity index (χ0) is 21.0. The topological polar surface area (TPSA) is 45.7 Å². The average Bonchev–Trinajstić information content (AvgIpc) is 2.94. The second kappa shape index (κ2) is 9.63. The third-order valence-electron chi connectivity index (χ3n) is 5.17. The number of ether oxygens (including phenoxy) is 1. The minimum absolute atomic E-state index is 0.0389. The van der Waals surface area contributed by atoms with Gasteiger partial charge in [0.1, 0.15) is 15.7 Å². The Kier molecular flexibility index (Phi) is 7.18. The highest BCUT2D eigenvalue weighted by molar-refractivity contribution is 7.17. The minimum Gasteiger partial charge on any atom is -0.494 e. The van der Waals surface area contributed by atoms with Crippen molar-refractivity contribution in [2.45, 2.75) is 33.1 Å². The molecule has 0 bridgehead atoms. The fraction of sp³-hybridized carbons (Fsp3) is 0.524. The molecule has 2 heterocycles. The van der Waals surface area contributed by atoms with E-state index in [-0.39, 0.29) is 17.2 Å². The quantitative estimate of drug-likeness (QED) is 0.693. The summed E-state index contributed by atoms with van der Waals surface area (Å²) < 4.78 is 33.3. The lowest BCUT2D eigenvalue weighted by Gasteiger charge is -2.21. The number of carbonyl (C=O) groups excluding carboxylic acids is 1. The Hall–Kier alpha value is -2.06. The van der Waals surface area contributed by atoms with Crippen molar-refractivity contribution >= 4 is 17.2 Å². The van der Waals surface area contributed by atoms with E-state index in [2.05, 4.69) is 16.8 Å². The zero-order valence-corrected chi connectivity index (χ0v) is 18.0. The molecule has 0 aliphatic carbocycles. The van der Waals surface area contributed by atoms with Gasteiger partial charge in [-0.15, -0.1) is 11.3 Å². The predicted molar refractivity (Wildman–Crippen MR) is 111 cm³/mol. The summed E-state index contributed by atoms with van der Waals surface area (Å²) in [7, 11) is 1.28. The van der Waals surface area contributed by atoms with E-state index in [1.165, 1.54) is 7.11 Å². The van der Waals surface area contributed by atoms with Crippen molar-refractivity contribution in [3.63, 3.8) is 0 Å². The Morgan fingerprint density at radius 1 is 1.21 bits per heavy atom. The van der Waals surface area contributed by atoms with Crippen LogP contribution in [0.1, 0.15) is 41.6 Å².